The highest BCUT2D eigenvalue weighted by Gasteiger charge is 2.12. The first-order valence-corrected chi connectivity index (χ1v) is 28.9. The standard InChI is InChI=1S/C54H104N2O26/c1-2-50(82-16-4-10-56(13-23-71-31-39-79-47-43-75-35-27-67-19-7-53(61)62)14-24-72-32-40-80-48-44-76-36-28-68-20-8-54(63)64)49-81-15-3-9-55(11-21-69-29-37-77-45-41-73-33-25-65-17-5-51(57)58)12-22-70-30-38-78-46-42-74-34-26-66-18-6-52(59)60/h50H,2-49H2,1H3,(H,57,58)(H,59,60)(H,61,62)(H,63,64). The summed E-state index contributed by atoms with van der Waals surface area (Å²) in [6.07, 6.45) is 2.24. The van der Waals surface area contributed by atoms with E-state index < -0.39 is 23.9 Å². The first-order chi connectivity index (χ1) is 40.1. The van der Waals surface area contributed by atoms with Gasteiger partial charge in [0.05, 0.1) is 250 Å². The molecule has 0 aromatic heterocycles. The highest BCUT2D eigenvalue weighted by atomic mass is 16.6. The van der Waals surface area contributed by atoms with Gasteiger partial charge in [0.15, 0.2) is 0 Å². The van der Waals surface area contributed by atoms with Crippen molar-refractivity contribution in [3.63, 3.8) is 0 Å². The predicted molar refractivity (Wildman–Crippen MR) is 295 cm³/mol. The van der Waals surface area contributed by atoms with Gasteiger partial charge in [-0.25, -0.2) is 0 Å². The summed E-state index contributed by atoms with van der Waals surface area (Å²) in [5.74, 6) is -3.59. The van der Waals surface area contributed by atoms with Crippen LogP contribution >= 0.6 is 0 Å². The Morgan fingerprint density at radius 3 is 0.695 bits per heavy atom. The molecule has 1 unspecified atom stereocenters. The average Bonchev–Trinajstić information content (AvgIpc) is 3.45. The van der Waals surface area contributed by atoms with Gasteiger partial charge in [0.25, 0.3) is 0 Å². The van der Waals surface area contributed by atoms with Crippen LogP contribution in [0.25, 0.3) is 0 Å². The molecule has 0 fully saturated rings. The summed E-state index contributed by atoms with van der Waals surface area (Å²) < 4.78 is 101. The van der Waals surface area contributed by atoms with Crippen LogP contribution < -0.4 is 0 Å². The number of rotatable bonds is 72. The van der Waals surface area contributed by atoms with Gasteiger partial charge in [0.1, 0.15) is 0 Å². The van der Waals surface area contributed by atoms with Gasteiger partial charge in [-0.15, -0.1) is 0 Å². The second kappa shape index (κ2) is 65.6. The lowest BCUT2D eigenvalue weighted by atomic mass is 10.3. The number of carboxylic acid groups (broad SMARTS) is 4. The largest absolute Gasteiger partial charge is 0.481 e. The molecule has 4 N–H and O–H groups in total. The number of nitrogens with zero attached hydrogens (tertiary/aromatic N) is 2. The van der Waals surface area contributed by atoms with E-state index >= 15 is 0 Å². The number of hydrogen-bond donors (Lipinski definition) is 4. The second-order valence-electron chi connectivity index (χ2n) is 17.7. The van der Waals surface area contributed by atoms with E-state index in [4.69, 9.17) is 106 Å². The van der Waals surface area contributed by atoms with Crippen LogP contribution in [0.15, 0.2) is 0 Å². The van der Waals surface area contributed by atoms with Crippen molar-refractivity contribution in [2.75, 3.05) is 271 Å². The van der Waals surface area contributed by atoms with Crippen LogP contribution in [-0.4, -0.2) is 331 Å². The van der Waals surface area contributed by atoms with E-state index in [9.17, 15) is 19.2 Å². The molecule has 0 heterocycles. The summed E-state index contributed by atoms with van der Waals surface area (Å²) in [7, 11) is 0. The Morgan fingerprint density at radius 2 is 0.476 bits per heavy atom. The highest BCUT2D eigenvalue weighted by molar-refractivity contribution is 5.67. The number of carbonyl (C=O) groups is 4. The molecule has 28 heteroatoms. The summed E-state index contributed by atoms with van der Waals surface area (Å²) in [6.45, 7) is 20.2. The summed E-state index contributed by atoms with van der Waals surface area (Å²) in [5.41, 5.74) is 0. The van der Waals surface area contributed by atoms with Crippen molar-refractivity contribution >= 4 is 23.9 Å². The SMILES string of the molecule is CCC(COCCCN(CCOCCOCCOCCOCCC(=O)O)CCOCCOCCOCCOCCC(=O)O)OCCCN(CCOCCOCCOCCOCCC(=O)O)CCOCCOCCOCCOCCC(=O)O. The van der Waals surface area contributed by atoms with Crippen molar-refractivity contribution in [2.24, 2.45) is 0 Å². The van der Waals surface area contributed by atoms with Crippen molar-refractivity contribution in [3.8, 4) is 0 Å². The van der Waals surface area contributed by atoms with Gasteiger partial charge in [-0.3, -0.25) is 29.0 Å². The molecule has 0 saturated carbocycles. The summed E-state index contributed by atoms with van der Waals surface area (Å²) in [5, 5.41) is 34.6. The third-order valence-corrected chi connectivity index (χ3v) is 11.0. The minimum absolute atomic E-state index is 0.0361. The maximum Gasteiger partial charge on any atom is 0.305 e. The van der Waals surface area contributed by atoms with Gasteiger partial charge in [-0.1, -0.05) is 6.92 Å². The van der Waals surface area contributed by atoms with E-state index in [1.165, 1.54) is 0 Å². The van der Waals surface area contributed by atoms with Crippen LogP contribution in [0.5, 0.6) is 0 Å². The Hall–Kier alpha value is -2.92. The van der Waals surface area contributed by atoms with Crippen molar-refractivity contribution in [1.29, 1.82) is 0 Å². The van der Waals surface area contributed by atoms with Gasteiger partial charge in [0.2, 0.25) is 0 Å². The van der Waals surface area contributed by atoms with E-state index in [2.05, 4.69) is 16.7 Å². The van der Waals surface area contributed by atoms with Crippen LogP contribution in [-0.2, 0) is 104 Å². The fraction of sp³-hybridized carbons (Fsp3) is 0.926. The molecular formula is C54H104N2O26. The molecule has 1 atom stereocenters. The van der Waals surface area contributed by atoms with Gasteiger partial charge < -0.3 is 106 Å². The Labute approximate surface area is 485 Å². The highest BCUT2D eigenvalue weighted by Crippen LogP contribution is 2.04. The van der Waals surface area contributed by atoms with E-state index in [1.54, 1.807) is 0 Å². The number of hydrogen-bond acceptors (Lipinski definition) is 24. The van der Waals surface area contributed by atoms with Crippen LogP contribution in [0.2, 0.25) is 0 Å². The Kier molecular flexibility index (Phi) is 63.3. The molecule has 0 aliphatic carbocycles. The van der Waals surface area contributed by atoms with Gasteiger partial charge in [-0.05, 0) is 19.3 Å². The molecule has 0 bridgehead atoms. The molecule has 0 aromatic rings. The Balaban J connectivity index is 4.71. The lowest BCUT2D eigenvalue weighted by Crippen LogP contribution is -2.33. The molecule has 486 valence electrons. The fourth-order valence-electron chi connectivity index (χ4n) is 6.56. The summed E-state index contributed by atoms with van der Waals surface area (Å²) in [6, 6.07) is 0. The minimum atomic E-state index is -0.898. The molecule has 0 aliphatic heterocycles. The summed E-state index contributed by atoms with van der Waals surface area (Å²) in [4.78, 5) is 46.7. The second-order valence-corrected chi connectivity index (χ2v) is 17.7. The van der Waals surface area contributed by atoms with Gasteiger partial charge in [-0.2, -0.15) is 0 Å². The van der Waals surface area contributed by atoms with Crippen LogP contribution in [0.1, 0.15) is 51.9 Å². The van der Waals surface area contributed by atoms with Crippen molar-refractivity contribution in [3.05, 3.63) is 0 Å². The zero-order chi connectivity index (χ0) is 59.7. The van der Waals surface area contributed by atoms with Crippen molar-refractivity contribution < 1.29 is 125 Å². The number of carboxylic acids is 4. The average molecular weight is 1200 g/mol. The quantitative estimate of drug-likeness (QED) is 0.0625. The van der Waals surface area contributed by atoms with E-state index in [1.807, 2.05) is 0 Å². The molecule has 28 nitrogen and oxygen atoms in total. The van der Waals surface area contributed by atoms with Crippen molar-refractivity contribution in [1.82, 2.24) is 9.80 Å². The van der Waals surface area contributed by atoms with E-state index in [-0.39, 0.29) is 58.2 Å². The molecule has 0 spiro atoms. The molecule has 0 radical (unpaired) electrons. The number of aliphatic carboxylic acids is 4. The Morgan fingerprint density at radius 1 is 0.268 bits per heavy atom. The lowest BCUT2D eigenvalue weighted by Gasteiger charge is -2.23. The maximum atomic E-state index is 10.5. The van der Waals surface area contributed by atoms with Gasteiger partial charge in [0, 0.05) is 52.5 Å². The lowest BCUT2D eigenvalue weighted by molar-refractivity contribution is -0.139. The Bertz CT molecular complexity index is 1300. The van der Waals surface area contributed by atoms with E-state index in [0.29, 0.717) is 231 Å². The molecule has 0 aromatic carbocycles. The smallest absolute Gasteiger partial charge is 0.305 e. The summed E-state index contributed by atoms with van der Waals surface area (Å²) >= 11 is 0. The molecule has 82 heavy (non-hydrogen) atoms. The van der Waals surface area contributed by atoms with Crippen LogP contribution in [0.4, 0.5) is 0 Å². The minimum Gasteiger partial charge on any atom is -0.481 e. The molecule has 0 aliphatic rings. The zero-order valence-electron chi connectivity index (χ0n) is 49.2. The first-order valence-electron chi connectivity index (χ1n) is 28.9. The topological polar surface area (TPSA) is 322 Å². The maximum absolute atomic E-state index is 10.5. The van der Waals surface area contributed by atoms with Crippen molar-refractivity contribution in [2.45, 2.75) is 58.0 Å². The van der Waals surface area contributed by atoms with E-state index in [0.717, 1.165) is 32.4 Å². The fourth-order valence-corrected chi connectivity index (χ4v) is 6.56. The van der Waals surface area contributed by atoms with Crippen LogP contribution in [0, 0.1) is 0 Å². The molecule has 0 rings (SSSR count). The normalized spacial score (nSPS) is 12.1. The predicted octanol–water partition coefficient (Wildman–Crippen LogP) is 1.35. The van der Waals surface area contributed by atoms with Gasteiger partial charge >= 0.3 is 23.9 Å². The molecular weight excluding hydrogens is 1090 g/mol. The third-order valence-electron chi connectivity index (χ3n) is 11.0. The zero-order valence-corrected chi connectivity index (χ0v) is 49.2. The first kappa shape index (κ1) is 79.1. The molecule has 0 amide bonds. The molecule has 0 saturated heterocycles. The number of ether oxygens (including phenoxy) is 18. The third kappa shape index (κ3) is 66.2. The monoisotopic (exact) mass is 1200 g/mol. The van der Waals surface area contributed by atoms with Crippen LogP contribution in [0.3, 0.4) is 0 Å².